The molecular weight excluding hydrogens is 251 g/mol. The molecule has 100 valence electrons. The molecule has 0 fully saturated rings. The molecule has 1 heterocycles. The zero-order valence-corrected chi connectivity index (χ0v) is 10.3. The highest BCUT2D eigenvalue weighted by atomic mass is 19.1. The Labute approximate surface area is 109 Å². The number of aromatic nitrogens is 2. The monoisotopic (exact) mass is 264 g/mol. The minimum Gasteiger partial charge on any atom is -0.381 e. The molecule has 0 aliphatic heterocycles. The van der Waals surface area contributed by atoms with Crippen LogP contribution in [0.4, 0.5) is 15.8 Å². The number of hydrogen-bond acceptors (Lipinski definition) is 4. The van der Waals surface area contributed by atoms with Crippen LogP contribution in [0.25, 0.3) is 0 Å². The molecule has 1 aromatic carbocycles. The van der Waals surface area contributed by atoms with Crippen molar-refractivity contribution in [1.29, 1.82) is 0 Å². The summed E-state index contributed by atoms with van der Waals surface area (Å²) in [6.07, 6.45) is 3.60. The van der Waals surface area contributed by atoms with Gasteiger partial charge in [-0.2, -0.15) is 9.49 Å². The van der Waals surface area contributed by atoms with Gasteiger partial charge in [0.25, 0.3) is 0 Å². The molecule has 6 nitrogen and oxygen atoms in total. The van der Waals surface area contributed by atoms with Crippen LogP contribution in [0.2, 0.25) is 0 Å². The van der Waals surface area contributed by atoms with Gasteiger partial charge in [-0.25, -0.2) is 0 Å². The van der Waals surface area contributed by atoms with E-state index in [9.17, 15) is 14.5 Å². The van der Waals surface area contributed by atoms with Crippen molar-refractivity contribution in [3.8, 4) is 0 Å². The van der Waals surface area contributed by atoms with E-state index in [4.69, 9.17) is 0 Å². The van der Waals surface area contributed by atoms with Crippen LogP contribution < -0.4 is 5.32 Å². The van der Waals surface area contributed by atoms with Gasteiger partial charge in [0.1, 0.15) is 0 Å². The molecule has 1 N–H and O–H groups in total. The molecule has 1 aromatic heterocycles. The van der Waals surface area contributed by atoms with Crippen LogP contribution in [0.1, 0.15) is 12.5 Å². The number of nitro benzene ring substituents is 1. The maximum atomic E-state index is 13.1. The fourth-order valence-electron chi connectivity index (χ4n) is 1.64. The van der Waals surface area contributed by atoms with Crippen LogP contribution >= 0.6 is 0 Å². The van der Waals surface area contributed by atoms with Crippen LogP contribution in [-0.4, -0.2) is 14.7 Å². The lowest BCUT2D eigenvalue weighted by molar-refractivity contribution is -0.387. The van der Waals surface area contributed by atoms with Crippen molar-refractivity contribution in [2.45, 2.75) is 20.0 Å². The SMILES string of the molecule is CCn1cc(CNc2ccc(F)c([N+](=O)[O-])c2)cn1. The molecule has 0 radical (unpaired) electrons. The molecule has 0 bridgehead atoms. The second-order valence-corrected chi connectivity index (χ2v) is 3.98. The van der Waals surface area contributed by atoms with Gasteiger partial charge in [0.2, 0.25) is 5.82 Å². The minimum atomic E-state index is -0.839. The van der Waals surface area contributed by atoms with Crippen molar-refractivity contribution in [3.05, 3.63) is 52.1 Å². The normalized spacial score (nSPS) is 10.4. The molecule has 19 heavy (non-hydrogen) atoms. The summed E-state index contributed by atoms with van der Waals surface area (Å²) in [4.78, 5) is 9.87. The summed E-state index contributed by atoms with van der Waals surface area (Å²) in [6, 6.07) is 3.72. The predicted octanol–water partition coefficient (Wildman–Crippen LogP) is 2.56. The van der Waals surface area contributed by atoms with Crippen LogP contribution in [0.5, 0.6) is 0 Å². The number of benzene rings is 1. The molecule has 0 saturated carbocycles. The molecule has 2 rings (SSSR count). The van der Waals surface area contributed by atoms with Gasteiger partial charge in [-0.15, -0.1) is 0 Å². The molecule has 0 spiro atoms. The third-order valence-corrected chi connectivity index (χ3v) is 2.65. The lowest BCUT2D eigenvalue weighted by Crippen LogP contribution is -2.00. The number of anilines is 1. The van der Waals surface area contributed by atoms with Gasteiger partial charge < -0.3 is 5.32 Å². The molecule has 0 unspecified atom stereocenters. The molecule has 0 atom stereocenters. The Morgan fingerprint density at radius 2 is 2.32 bits per heavy atom. The summed E-state index contributed by atoms with van der Waals surface area (Å²) in [5, 5.41) is 17.7. The van der Waals surface area contributed by atoms with Gasteiger partial charge in [0.05, 0.1) is 11.1 Å². The lowest BCUT2D eigenvalue weighted by atomic mass is 10.2. The highest BCUT2D eigenvalue weighted by Gasteiger charge is 2.14. The van der Waals surface area contributed by atoms with E-state index in [1.165, 1.54) is 12.1 Å². The van der Waals surface area contributed by atoms with E-state index in [1.54, 1.807) is 10.9 Å². The smallest absolute Gasteiger partial charge is 0.306 e. The quantitative estimate of drug-likeness (QED) is 0.665. The molecule has 7 heteroatoms. The number of nitrogens with one attached hydrogen (secondary N) is 1. The Balaban J connectivity index is 2.07. The van der Waals surface area contributed by atoms with Gasteiger partial charge in [-0.05, 0) is 19.1 Å². The number of rotatable bonds is 5. The van der Waals surface area contributed by atoms with Crippen LogP contribution in [-0.2, 0) is 13.1 Å². The Bertz CT molecular complexity index is 597. The van der Waals surface area contributed by atoms with E-state index >= 15 is 0 Å². The predicted molar refractivity (Wildman–Crippen MR) is 68.3 cm³/mol. The third-order valence-electron chi connectivity index (χ3n) is 2.65. The fraction of sp³-hybridized carbons (Fsp3) is 0.250. The number of nitro groups is 1. The first-order chi connectivity index (χ1) is 9.10. The number of nitrogens with zero attached hydrogens (tertiary/aromatic N) is 3. The van der Waals surface area contributed by atoms with Crippen LogP contribution in [0.3, 0.4) is 0 Å². The number of halogens is 1. The first kappa shape index (κ1) is 13.0. The lowest BCUT2D eigenvalue weighted by Gasteiger charge is -2.04. The van der Waals surface area contributed by atoms with Gasteiger partial charge in [0, 0.05) is 36.6 Å². The summed E-state index contributed by atoms with van der Waals surface area (Å²) >= 11 is 0. The summed E-state index contributed by atoms with van der Waals surface area (Å²) in [5.41, 5.74) is 0.917. The Kier molecular flexibility index (Phi) is 3.74. The fourth-order valence-corrected chi connectivity index (χ4v) is 1.64. The summed E-state index contributed by atoms with van der Waals surface area (Å²) < 4.78 is 14.9. The van der Waals surface area contributed by atoms with Gasteiger partial charge >= 0.3 is 5.69 Å². The maximum Gasteiger partial charge on any atom is 0.306 e. The molecule has 0 aliphatic carbocycles. The van der Waals surface area contributed by atoms with Crippen molar-refractivity contribution in [3.63, 3.8) is 0 Å². The second kappa shape index (κ2) is 5.47. The third kappa shape index (κ3) is 3.06. The summed E-state index contributed by atoms with van der Waals surface area (Å²) in [5.74, 6) is -0.839. The maximum absolute atomic E-state index is 13.1. The summed E-state index contributed by atoms with van der Waals surface area (Å²) in [6.45, 7) is 3.23. The zero-order valence-electron chi connectivity index (χ0n) is 10.3. The van der Waals surface area contributed by atoms with E-state index in [0.29, 0.717) is 12.2 Å². The van der Waals surface area contributed by atoms with Crippen LogP contribution in [0.15, 0.2) is 30.6 Å². The van der Waals surface area contributed by atoms with Gasteiger partial charge in [-0.1, -0.05) is 0 Å². The van der Waals surface area contributed by atoms with Crippen molar-refractivity contribution < 1.29 is 9.31 Å². The largest absolute Gasteiger partial charge is 0.381 e. The first-order valence-electron chi connectivity index (χ1n) is 5.79. The van der Waals surface area contributed by atoms with Crippen molar-refractivity contribution in [1.82, 2.24) is 9.78 Å². The van der Waals surface area contributed by atoms with Crippen molar-refractivity contribution in [2.75, 3.05) is 5.32 Å². The van der Waals surface area contributed by atoms with Crippen molar-refractivity contribution >= 4 is 11.4 Å². The van der Waals surface area contributed by atoms with Gasteiger partial charge in [0.15, 0.2) is 0 Å². The van der Waals surface area contributed by atoms with E-state index in [2.05, 4.69) is 10.4 Å². The molecule has 0 amide bonds. The standard InChI is InChI=1S/C12H13FN4O2/c1-2-16-8-9(7-15-16)6-14-10-3-4-11(13)12(5-10)17(18)19/h3-5,7-8,14H,2,6H2,1H3. The minimum absolute atomic E-state index is 0.475. The molecular formula is C12H13FN4O2. The Morgan fingerprint density at radius 1 is 1.53 bits per heavy atom. The van der Waals surface area contributed by atoms with Gasteiger partial charge in [-0.3, -0.25) is 14.8 Å². The van der Waals surface area contributed by atoms with E-state index < -0.39 is 16.4 Å². The van der Waals surface area contributed by atoms with E-state index in [1.807, 2.05) is 13.1 Å². The van der Waals surface area contributed by atoms with E-state index in [-0.39, 0.29) is 0 Å². The zero-order chi connectivity index (χ0) is 13.8. The second-order valence-electron chi connectivity index (χ2n) is 3.98. The average Bonchev–Trinajstić information content (AvgIpc) is 2.85. The number of hydrogen-bond donors (Lipinski definition) is 1. The van der Waals surface area contributed by atoms with Crippen molar-refractivity contribution in [2.24, 2.45) is 0 Å². The number of aryl methyl sites for hydroxylation is 1. The van der Waals surface area contributed by atoms with Crippen LogP contribution in [0, 0.1) is 15.9 Å². The highest BCUT2D eigenvalue weighted by Crippen LogP contribution is 2.21. The van der Waals surface area contributed by atoms with E-state index in [0.717, 1.165) is 18.2 Å². The molecule has 2 aromatic rings. The highest BCUT2D eigenvalue weighted by molar-refractivity contribution is 5.51. The Morgan fingerprint density at radius 3 is 2.95 bits per heavy atom. The first-order valence-corrected chi connectivity index (χ1v) is 5.79. The average molecular weight is 264 g/mol. The molecule has 0 aliphatic rings. The topological polar surface area (TPSA) is 73.0 Å². The molecule has 0 saturated heterocycles. The Hall–Kier alpha value is -2.44. The summed E-state index contributed by atoms with van der Waals surface area (Å²) in [7, 11) is 0.